The van der Waals surface area contributed by atoms with Crippen molar-refractivity contribution >= 4 is 28.7 Å². The van der Waals surface area contributed by atoms with Gasteiger partial charge < -0.3 is 10.4 Å². The highest BCUT2D eigenvalue weighted by Crippen LogP contribution is 2.26. The molecule has 1 unspecified atom stereocenters. The SMILES string of the molecule is OC(CNCc1cnc2ncccn12)c1ccc(Cl)s1. The van der Waals surface area contributed by atoms with E-state index in [1.54, 1.807) is 18.5 Å². The number of aliphatic hydroxyl groups excluding tert-OH is 1. The van der Waals surface area contributed by atoms with Crippen molar-refractivity contribution < 1.29 is 5.11 Å². The monoisotopic (exact) mass is 308 g/mol. The predicted octanol–water partition coefficient (Wildman–Crippen LogP) is 2.27. The molecule has 3 aromatic rings. The normalized spacial score (nSPS) is 12.9. The van der Waals surface area contributed by atoms with Gasteiger partial charge in [0, 0.05) is 30.4 Å². The van der Waals surface area contributed by atoms with E-state index in [9.17, 15) is 5.11 Å². The van der Waals surface area contributed by atoms with Crippen LogP contribution in [0.15, 0.2) is 36.8 Å². The lowest BCUT2D eigenvalue weighted by Crippen LogP contribution is -2.21. The van der Waals surface area contributed by atoms with Crippen LogP contribution in [0.3, 0.4) is 0 Å². The molecule has 0 saturated carbocycles. The van der Waals surface area contributed by atoms with E-state index in [4.69, 9.17) is 11.6 Å². The van der Waals surface area contributed by atoms with E-state index in [0.717, 1.165) is 10.6 Å². The molecule has 3 rings (SSSR count). The number of nitrogens with one attached hydrogen (secondary N) is 1. The molecule has 5 nitrogen and oxygen atoms in total. The first-order valence-electron chi connectivity index (χ1n) is 6.15. The van der Waals surface area contributed by atoms with Crippen molar-refractivity contribution in [2.45, 2.75) is 12.6 Å². The number of thiophene rings is 1. The van der Waals surface area contributed by atoms with E-state index in [1.165, 1.54) is 11.3 Å². The second kappa shape index (κ2) is 5.88. The van der Waals surface area contributed by atoms with Gasteiger partial charge in [-0.15, -0.1) is 11.3 Å². The van der Waals surface area contributed by atoms with Crippen LogP contribution in [0.4, 0.5) is 0 Å². The highest BCUT2D eigenvalue weighted by Gasteiger charge is 2.10. The number of fused-ring (bicyclic) bond motifs is 1. The van der Waals surface area contributed by atoms with Crippen molar-refractivity contribution in [1.29, 1.82) is 0 Å². The minimum absolute atomic E-state index is 0.463. The average molecular weight is 309 g/mol. The van der Waals surface area contributed by atoms with Gasteiger partial charge in [0.05, 0.1) is 16.2 Å². The highest BCUT2D eigenvalue weighted by molar-refractivity contribution is 7.16. The zero-order chi connectivity index (χ0) is 13.9. The Labute approximate surface area is 124 Å². The summed E-state index contributed by atoms with van der Waals surface area (Å²) in [5.74, 6) is 0.676. The molecule has 0 bridgehead atoms. The molecule has 0 fully saturated rings. The van der Waals surface area contributed by atoms with E-state index in [2.05, 4.69) is 15.3 Å². The molecule has 0 amide bonds. The van der Waals surface area contributed by atoms with E-state index in [-0.39, 0.29) is 0 Å². The fraction of sp³-hybridized carbons (Fsp3) is 0.231. The number of hydrogen-bond acceptors (Lipinski definition) is 5. The Morgan fingerprint density at radius 3 is 3.10 bits per heavy atom. The number of nitrogens with zero attached hydrogens (tertiary/aromatic N) is 3. The first-order valence-corrected chi connectivity index (χ1v) is 7.34. The van der Waals surface area contributed by atoms with Gasteiger partial charge in [0.2, 0.25) is 5.78 Å². The molecule has 3 aromatic heterocycles. The van der Waals surface area contributed by atoms with Crippen LogP contribution in [0, 0.1) is 0 Å². The standard InChI is InChI=1S/C13H13ClN4OS/c14-12-3-2-11(20-12)10(19)8-15-6-9-7-17-13-16-4-1-5-18(9)13/h1-5,7,10,15,19H,6,8H2. The fourth-order valence-electron chi connectivity index (χ4n) is 1.95. The smallest absolute Gasteiger partial charge is 0.233 e. The number of rotatable bonds is 5. The van der Waals surface area contributed by atoms with E-state index < -0.39 is 6.10 Å². The lowest BCUT2D eigenvalue weighted by atomic mass is 10.3. The topological polar surface area (TPSA) is 62.5 Å². The summed E-state index contributed by atoms with van der Waals surface area (Å²) in [5.41, 5.74) is 1.00. The second-order valence-corrected chi connectivity index (χ2v) is 6.07. The van der Waals surface area contributed by atoms with Crippen molar-refractivity contribution in [3.63, 3.8) is 0 Å². The van der Waals surface area contributed by atoms with E-state index >= 15 is 0 Å². The summed E-state index contributed by atoms with van der Waals surface area (Å²) >= 11 is 7.25. The second-order valence-electron chi connectivity index (χ2n) is 4.33. The Hall–Kier alpha value is -1.47. The summed E-state index contributed by atoms with van der Waals surface area (Å²) in [7, 11) is 0. The molecule has 0 aliphatic rings. The number of aromatic nitrogens is 3. The van der Waals surface area contributed by atoms with Gasteiger partial charge in [0.15, 0.2) is 0 Å². The van der Waals surface area contributed by atoms with Gasteiger partial charge in [-0.1, -0.05) is 11.6 Å². The maximum absolute atomic E-state index is 10.0. The van der Waals surface area contributed by atoms with Crippen LogP contribution in [-0.2, 0) is 6.54 Å². The number of aliphatic hydroxyl groups is 1. The van der Waals surface area contributed by atoms with Gasteiger partial charge in [-0.05, 0) is 18.2 Å². The molecule has 2 N–H and O–H groups in total. The predicted molar refractivity (Wildman–Crippen MR) is 79.0 cm³/mol. The molecule has 1 atom stereocenters. The van der Waals surface area contributed by atoms with Crippen LogP contribution >= 0.6 is 22.9 Å². The van der Waals surface area contributed by atoms with Gasteiger partial charge in [-0.25, -0.2) is 9.97 Å². The van der Waals surface area contributed by atoms with Gasteiger partial charge >= 0.3 is 0 Å². The number of hydrogen-bond donors (Lipinski definition) is 2. The largest absolute Gasteiger partial charge is 0.386 e. The lowest BCUT2D eigenvalue weighted by molar-refractivity contribution is 0.178. The third-order valence-electron chi connectivity index (χ3n) is 2.93. The third-order valence-corrected chi connectivity index (χ3v) is 4.26. The molecule has 3 heterocycles. The molecule has 0 aliphatic heterocycles. The molecule has 20 heavy (non-hydrogen) atoms. The Bertz CT molecular complexity index is 711. The van der Waals surface area contributed by atoms with Crippen LogP contribution in [0.5, 0.6) is 0 Å². The first-order chi connectivity index (χ1) is 9.74. The summed E-state index contributed by atoms with van der Waals surface area (Å²) < 4.78 is 2.60. The molecule has 0 aromatic carbocycles. The number of imidazole rings is 1. The summed E-state index contributed by atoms with van der Waals surface area (Å²) in [6.45, 7) is 1.08. The maximum atomic E-state index is 10.0. The quantitative estimate of drug-likeness (QED) is 0.759. The molecule has 0 spiro atoms. The molecule has 0 radical (unpaired) electrons. The van der Waals surface area contributed by atoms with Crippen LogP contribution in [0.2, 0.25) is 4.34 Å². The maximum Gasteiger partial charge on any atom is 0.233 e. The zero-order valence-electron chi connectivity index (χ0n) is 10.5. The molecular weight excluding hydrogens is 296 g/mol. The summed E-state index contributed by atoms with van der Waals surface area (Å²) in [6, 6.07) is 5.50. The van der Waals surface area contributed by atoms with Gasteiger partial charge in [0.25, 0.3) is 0 Å². The molecular formula is C13H13ClN4OS. The highest BCUT2D eigenvalue weighted by atomic mass is 35.5. The van der Waals surface area contributed by atoms with Crippen molar-refractivity contribution in [2.75, 3.05) is 6.54 Å². The van der Waals surface area contributed by atoms with E-state index in [1.807, 2.05) is 22.7 Å². The zero-order valence-corrected chi connectivity index (χ0v) is 12.1. The van der Waals surface area contributed by atoms with Crippen LogP contribution in [0.25, 0.3) is 5.78 Å². The summed E-state index contributed by atoms with van der Waals surface area (Å²) in [5, 5.41) is 13.2. The Kier molecular flexibility index (Phi) is 3.98. The van der Waals surface area contributed by atoms with Crippen LogP contribution < -0.4 is 5.32 Å². The van der Waals surface area contributed by atoms with Crippen molar-refractivity contribution in [3.05, 3.63) is 51.7 Å². The average Bonchev–Trinajstić information content (AvgIpc) is 3.06. The molecule has 0 aliphatic carbocycles. The van der Waals surface area contributed by atoms with Gasteiger partial charge in [-0.2, -0.15) is 0 Å². The lowest BCUT2D eigenvalue weighted by Gasteiger charge is -2.09. The molecule has 104 valence electrons. The van der Waals surface area contributed by atoms with Crippen molar-refractivity contribution in [2.24, 2.45) is 0 Å². The Balaban J connectivity index is 1.60. The van der Waals surface area contributed by atoms with E-state index in [0.29, 0.717) is 23.2 Å². The minimum Gasteiger partial charge on any atom is -0.386 e. The first kappa shape index (κ1) is 13.5. The van der Waals surface area contributed by atoms with Crippen molar-refractivity contribution in [3.8, 4) is 0 Å². The van der Waals surface area contributed by atoms with Gasteiger partial charge in [-0.3, -0.25) is 4.40 Å². The fourth-order valence-corrected chi connectivity index (χ4v) is 3.00. The summed E-state index contributed by atoms with van der Waals surface area (Å²) in [6.07, 6.45) is 4.86. The molecule has 0 saturated heterocycles. The number of halogens is 1. The summed E-state index contributed by atoms with van der Waals surface area (Å²) in [4.78, 5) is 9.23. The Morgan fingerprint density at radius 1 is 1.40 bits per heavy atom. The molecule has 7 heteroatoms. The van der Waals surface area contributed by atoms with Gasteiger partial charge in [0.1, 0.15) is 6.10 Å². The van der Waals surface area contributed by atoms with Crippen LogP contribution in [0.1, 0.15) is 16.7 Å². The van der Waals surface area contributed by atoms with Crippen LogP contribution in [-0.4, -0.2) is 26.0 Å². The Morgan fingerprint density at radius 2 is 2.30 bits per heavy atom. The third kappa shape index (κ3) is 2.83. The van der Waals surface area contributed by atoms with Crippen molar-refractivity contribution in [1.82, 2.24) is 19.7 Å². The minimum atomic E-state index is -0.551.